The second kappa shape index (κ2) is 2.63. The third-order valence-corrected chi connectivity index (χ3v) is 1.87. The molecule has 1 aliphatic rings. The van der Waals surface area contributed by atoms with E-state index >= 15 is 0 Å². The summed E-state index contributed by atoms with van der Waals surface area (Å²) >= 11 is 0. The van der Waals surface area contributed by atoms with E-state index in [1.165, 1.54) is 0 Å². The summed E-state index contributed by atoms with van der Waals surface area (Å²) in [6, 6.07) is 0. The number of hydrogen-bond donors (Lipinski definition) is 0. The average Bonchev–Trinajstić information content (AvgIpc) is 1.30. The third-order valence-electron chi connectivity index (χ3n) is 0.623. The summed E-state index contributed by atoms with van der Waals surface area (Å²) in [5, 5.41) is 0. The zero-order chi connectivity index (χ0) is 3.70. The fraction of sp³-hybridized carbons (Fsp3) is 0.333. The predicted molar refractivity (Wildman–Crippen MR) is 23.0 cm³/mol. The van der Waals surface area contributed by atoms with Crippen LogP contribution in [0.5, 0.6) is 0 Å². The van der Waals surface area contributed by atoms with Gasteiger partial charge in [0.25, 0.3) is 0 Å². The summed E-state index contributed by atoms with van der Waals surface area (Å²) in [7, 11) is -1.12. The molecule has 0 aromatic rings. The van der Waals surface area contributed by atoms with Gasteiger partial charge in [-0.2, -0.15) is 0 Å². The zero-order valence-electron chi connectivity index (χ0n) is 3.15. The maximum atomic E-state index is 10.00. The first-order chi connectivity index (χ1) is 2.39. The molecule has 0 spiro atoms. The van der Waals surface area contributed by atoms with Crippen molar-refractivity contribution in [1.82, 2.24) is 0 Å². The molecule has 1 rings (SSSR count). The Morgan fingerprint density at radius 2 is 2.00 bits per heavy atom. The molecule has 0 saturated carbocycles. The van der Waals surface area contributed by atoms with E-state index in [9.17, 15) is 4.57 Å². The Hall–Kier alpha value is 0.489. The zero-order valence-corrected chi connectivity index (χ0v) is 5.33. The topological polar surface area (TPSA) is 17.1 Å². The monoisotopic (exact) mass is 143 g/mol. The van der Waals surface area contributed by atoms with E-state index in [1.54, 1.807) is 5.82 Å². The fourth-order valence-corrected chi connectivity index (χ4v) is 0.642. The van der Waals surface area contributed by atoms with Crippen LogP contribution in [0.25, 0.3) is 0 Å². The minimum Gasteiger partial charge on any atom is -0.322 e. The van der Waals surface area contributed by atoms with Crippen LogP contribution < -0.4 is 0 Å². The Labute approximate surface area is 48.1 Å². The van der Waals surface area contributed by atoms with Gasteiger partial charge in [-0.25, -0.2) is 0 Å². The Bertz CT molecular complexity index is 88.8. The summed E-state index contributed by atoms with van der Waals surface area (Å²) in [4.78, 5) is 0. The summed E-state index contributed by atoms with van der Waals surface area (Å²) < 4.78 is 10.00. The third kappa shape index (κ3) is 1.30. The van der Waals surface area contributed by atoms with Crippen LogP contribution in [0.3, 0.4) is 0 Å². The molecular formula is C3H5MnOP. The van der Waals surface area contributed by atoms with Crippen LogP contribution in [0.15, 0.2) is 11.9 Å². The van der Waals surface area contributed by atoms with Crippen molar-refractivity contribution in [3.8, 4) is 0 Å². The van der Waals surface area contributed by atoms with Gasteiger partial charge in [0, 0.05) is 23.2 Å². The van der Waals surface area contributed by atoms with Crippen molar-refractivity contribution in [2.24, 2.45) is 0 Å². The van der Waals surface area contributed by atoms with E-state index in [0.29, 0.717) is 0 Å². The van der Waals surface area contributed by atoms with Crippen LogP contribution in [0.1, 0.15) is 0 Å². The Balaban J connectivity index is 0.000000250. The molecule has 6 heavy (non-hydrogen) atoms. The minimum atomic E-state index is -1.12. The van der Waals surface area contributed by atoms with E-state index in [1.807, 2.05) is 6.08 Å². The molecule has 0 aromatic heterocycles. The van der Waals surface area contributed by atoms with Crippen LogP contribution in [0, 0.1) is 0 Å². The molecular weight excluding hydrogens is 138 g/mol. The van der Waals surface area contributed by atoms with E-state index in [4.69, 9.17) is 0 Å². The second-order valence-electron chi connectivity index (χ2n) is 1.07. The van der Waals surface area contributed by atoms with Crippen molar-refractivity contribution in [3.05, 3.63) is 11.9 Å². The smallest absolute Gasteiger partial charge is 0.100 e. The van der Waals surface area contributed by atoms with E-state index < -0.39 is 7.80 Å². The Morgan fingerprint density at radius 3 is 2.00 bits per heavy atom. The molecule has 1 unspecified atom stereocenters. The molecule has 0 aromatic carbocycles. The van der Waals surface area contributed by atoms with Gasteiger partial charge in [0.1, 0.15) is 7.80 Å². The number of allylic oxidation sites excluding steroid dienone is 1. The SMILES string of the molecule is O=[PH]1C=CC1.[Mn]. The van der Waals surface area contributed by atoms with Gasteiger partial charge in [0.15, 0.2) is 0 Å². The molecule has 0 N–H and O–H groups in total. The first-order valence-electron chi connectivity index (χ1n) is 1.59. The van der Waals surface area contributed by atoms with Crippen molar-refractivity contribution in [1.29, 1.82) is 0 Å². The maximum Gasteiger partial charge on any atom is 0.100 e. The molecule has 1 nitrogen and oxygen atoms in total. The van der Waals surface area contributed by atoms with Gasteiger partial charge >= 0.3 is 0 Å². The van der Waals surface area contributed by atoms with E-state index in [-0.39, 0.29) is 17.1 Å². The summed E-state index contributed by atoms with van der Waals surface area (Å²) in [5.74, 6) is 1.77. The normalized spacial score (nSPS) is 27.7. The minimum absolute atomic E-state index is 0. The fourth-order valence-electron chi connectivity index (χ4n) is 0.214. The summed E-state index contributed by atoms with van der Waals surface area (Å²) in [5.41, 5.74) is 0. The molecule has 3 heteroatoms. The first-order valence-corrected chi connectivity index (χ1v) is 3.28. The molecule has 35 valence electrons. The molecule has 1 heterocycles. The summed E-state index contributed by atoms with van der Waals surface area (Å²) in [6.07, 6.45) is 2.78. The average molecular weight is 143 g/mol. The Kier molecular flexibility index (Phi) is 2.84. The maximum absolute atomic E-state index is 10.00. The van der Waals surface area contributed by atoms with Crippen LogP contribution >= 0.6 is 7.80 Å². The van der Waals surface area contributed by atoms with Crippen molar-refractivity contribution in [2.75, 3.05) is 6.16 Å². The molecule has 0 saturated heterocycles. The number of rotatable bonds is 0. The molecule has 0 aliphatic carbocycles. The standard InChI is InChI=1S/C3H5OP.Mn/c4-5-2-1-3-5;/h1-2,5H,3H2;. The van der Waals surface area contributed by atoms with E-state index in [0.717, 1.165) is 6.16 Å². The Morgan fingerprint density at radius 1 is 1.67 bits per heavy atom. The van der Waals surface area contributed by atoms with Gasteiger partial charge in [-0.3, -0.25) is 0 Å². The van der Waals surface area contributed by atoms with Crippen molar-refractivity contribution in [3.63, 3.8) is 0 Å². The first kappa shape index (κ1) is 6.49. The molecule has 0 fully saturated rings. The largest absolute Gasteiger partial charge is 0.322 e. The van der Waals surface area contributed by atoms with Gasteiger partial charge in [0.05, 0.1) is 0 Å². The van der Waals surface area contributed by atoms with Crippen LogP contribution in [0.2, 0.25) is 0 Å². The molecule has 1 aliphatic heterocycles. The summed E-state index contributed by atoms with van der Waals surface area (Å²) in [6.45, 7) is 0. The molecule has 0 bridgehead atoms. The van der Waals surface area contributed by atoms with E-state index in [2.05, 4.69) is 0 Å². The molecule has 1 atom stereocenters. The van der Waals surface area contributed by atoms with Gasteiger partial charge in [-0.15, -0.1) is 0 Å². The van der Waals surface area contributed by atoms with Gasteiger partial charge < -0.3 is 4.57 Å². The van der Waals surface area contributed by atoms with Crippen molar-refractivity contribution < 1.29 is 21.6 Å². The van der Waals surface area contributed by atoms with Crippen molar-refractivity contribution >= 4 is 7.80 Å². The number of hydrogen-bond acceptors (Lipinski definition) is 1. The van der Waals surface area contributed by atoms with Crippen molar-refractivity contribution in [2.45, 2.75) is 0 Å². The molecule has 0 amide bonds. The van der Waals surface area contributed by atoms with Gasteiger partial charge in [-0.1, -0.05) is 6.08 Å². The predicted octanol–water partition coefficient (Wildman–Crippen LogP) is 1.07. The molecule has 1 radical (unpaired) electrons. The quantitative estimate of drug-likeness (QED) is 0.366. The van der Waals surface area contributed by atoms with Gasteiger partial charge in [-0.05, 0) is 5.82 Å². The van der Waals surface area contributed by atoms with Crippen LogP contribution in [-0.4, -0.2) is 6.16 Å². The van der Waals surface area contributed by atoms with Crippen LogP contribution in [0.4, 0.5) is 0 Å². The second-order valence-corrected chi connectivity index (χ2v) is 2.75. The van der Waals surface area contributed by atoms with Gasteiger partial charge in [0.2, 0.25) is 0 Å². The van der Waals surface area contributed by atoms with Crippen LogP contribution in [-0.2, 0) is 21.6 Å².